The van der Waals surface area contributed by atoms with Crippen LogP contribution < -0.4 is 5.32 Å². The van der Waals surface area contributed by atoms with Gasteiger partial charge < -0.3 is 14.6 Å². The third kappa shape index (κ3) is 3.90. The van der Waals surface area contributed by atoms with Crippen LogP contribution in [0.15, 0.2) is 47.1 Å². The molecule has 2 aromatic rings. The molecule has 2 heterocycles. The van der Waals surface area contributed by atoms with Gasteiger partial charge in [-0.05, 0) is 36.4 Å². The maximum Gasteiger partial charge on any atom is 0.321 e. The van der Waals surface area contributed by atoms with Gasteiger partial charge >= 0.3 is 6.03 Å². The number of piperazine rings is 1. The van der Waals surface area contributed by atoms with Crippen molar-refractivity contribution < 1.29 is 9.21 Å². The third-order valence-electron chi connectivity index (χ3n) is 3.88. The van der Waals surface area contributed by atoms with Gasteiger partial charge in [-0.25, -0.2) is 4.79 Å². The molecular weight excluding hydrogens is 292 g/mol. The van der Waals surface area contributed by atoms with Gasteiger partial charge in [0.25, 0.3) is 0 Å². The zero-order valence-corrected chi connectivity index (χ0v) is 12.7. The number of nitriles is 1. The first kappa shape index (κ1) is 15.1. The minimum Gasteiger partial charge on any atom is -0.468 e. The Morgan fingerprint density at radius 3 is 2.52 bits per heavy atom. The molecule has 0 bridgehead atoms. The lowest BCUT2D eigenvalue weighted by Gasteiger charge is -2.34. The highest BCUT2D eigenvalue weighted by Crippen LogP contribution is 2.12. The highest BCUT2D eigenvalue weighted by atomic mass is 16.3. The van der Waals surface area contributed by atoms with Gasteiger partial charge in [0, 0.05) is 31.9 Å². The summed E-state index contributed by atoms with van der Waals surface area (Å²) in [6, 6.07) is 12.7. The van der Waals surface area contributed by atoms with Crippen LogP contribution in [0.2, 0.25) is 0 Å². The Kier molecular flexibility index (Phi) is 4.60. The van der Waals surface area contributed by atoms with Crippen molar-refractivity contribution in [3.63, 3.8) is 0 Å². The van der Waals surface area contributed by atoms with Gasteiger partial charge in [0.1, 0.15) is 5.76 Å². The molecule has 6 heteroatoms. The van der Waals surface area contributed by atoms with Crippen LogP contribution in [-0.2, 0) is 6.54 Å². The van der Waals surface area contributed by atoms with E-state index in [9.17, 15) is 4.79 Å². The van der Waals surface area contributed by atoms with Crippen molar-refractivity contribution in [3.05, 3.63) is 54.0 Å². The number of benzene rings is 1. The minimum absolute atomic E-state index is 0.104. The second kappa shape index (κ2) is 6.99. The molecule has 1 N–H and O–H groups in total. The molecule has 0 spiro atoms. The van der Waals surface area contributed by atoms with E-state index < -0.39 is 0 Å². The molecule has 0 radical (unpaired) electrons. The molecular formula is C17H18N4O2. The fraction of sp³-hybridized carbons (Fsp3) is 0.294. The van der Waals surface area contributed by atoms with Gasteiger partial charge in [-0.3, -0.25) is 4.90 Å². The van der Waals surface area contributed by atoms with Crippen LogP contribution in [0, 0.1) is 11.3 Å². The molecule has 118 valence electrons. The van der Waals surface area contributed by atoms with E-state index in [1.807, 2.05) is 12.1 Å². The molecule has 2 amide bonds. The SMILES string of the molecule is N#Cc1ccc(NC(=O)N2CCN(Cc3ccco3)CC2)cc1. The summed E-state index contributed by atoms with van der Waals surface area (Å²) in [7, 11) is 0. The lowest BCUT2D eigenvalue weighted by atomic mass is 10.2. The average molecular weight is 310 g/mol. The number of urea groups is 1. The van der Waals surface area contributed by atoms with Crippen molar-refractivity contribution >= 4 is 11.7 Å². The Balaban J connectivity index is 1.48. The predicted molar refractivity (Wildman–Crippen MR) is 85.7 cm³/mol. The summed E-state index contributed by atoms with van der Waals surface area (Å²) in [5, 5.41) is 11.6. The highest BCUT2D eigenvalue weighted by molar-refractivity contribution is 5.89. The van der Waals surface area contributed by atoms with E-state index in [1.165, 1.54) is 0 Å². The summed E-state index contributed by atoms with van der Waals surface area (Å²) < 4.78 is 5.35. The Morgan fingerprint density at radius 2 is 1.91 bits per heavy atom. The maximum absolute atomic E-state index is 12.3. The number of anilines is 1. The van der Waals surface area contributed by atoms with E-state index in [0.29, 0.717) is 24.3 Å². The molecule has 1 aliphatic rings. The smallest absolute Gasteiger partial charge is 0.321 e. The van der Waals surface area contributed by atoms with Crippen LogP contribution in [0.3, 0.4) is 0 Å². The van der Waals surface area contributed by atoms with Crippen molar-refractivity contribution in [1.29, 1.82) is 5.26 Å². The standard InChI is InChI=1S/C17H18N4O2/c18-12-14-3-5-15(6-4-14)19-17(22)21-9-7-20(8-10-21)13-16-2-1-11-23-16/h1-6,11H,7-10,13H2,(H,19,22). The summed E-state index contributed by atoms with van der Waals surface area (Å²) in [6.07, 6.45) is 1.68. The first-order chi connectivity index (χ1) is 11.2. The third-order valence-corrected chi connectivity index (χ3v) is 3.88. The molecule has 1 aliphatic heterocycles. The highest BCUT2D eigenvalue weighted by Gasteiger charge is 2.21. The normalized spacial score (nSPS) is 15.2. The molecule has 1 saturated heterocycles. The monoisotopic (exact) mass is 310 g/mol. The number of amides is 2. The van der Waals surface area contributed by atoms with Crippen LogP contribution in [0.1, 0.15) is 11.3 Å². The number of hydrogen-bond acceptors (Lipinski definition) is 4. The summed E-state index contributed by atoms with van der Waals surface area (Å²) >= 11 is 0. The van der Waals surface area contributed by atoms with Crippen molar-refractivity contribution in [3.8, 4) is 6.07 Å². The summed E-state index contributed by atoms with van der Waals surface area (Å²) in [5.41, 5.74) is 1.28. The van der Waals surface area contributed by atoms with Crippen LogP contribution in [0.4, 0.5) is 10.5 Å². The van der Waals surface area contributed by atoms with Crippen molar-refractivity contribution in [2.75, 3.05) is 31.5 Å². The van der Waals surface area contributed by atoms with Crippen LogP contribution in [0.5, 0.6) is 0 Å². The number of nitrogens with zero attached hydrogens (tertiary/aromatic N) is 3. The van der Waals surface area contributed by atoms with Crippen molar-refractivity contribution in [2.45, 2.75) is 6.54 Å². The largest absolute Gasteiger partial charge is 0.468 e. The molecule has 23 heavy (non-hydrogen) atoms. The Bertz CT molecular complexity index is 680. The lowest BCUT2D eigenvalue weighted by Crippen LogP contribution is -2.49. The van der Waals surface area contributed by atoms with Gasteiger partial charge in [-0.15, -0.1) is 0 Å². The first-order valence-electron chi connectivity index (χ1n) is 7.55. The Hall–Kier alpha value is -2.78. The summed E-state index contributed by atoms with van der Waals surface area (Å²) in [5.74, 6) is 0.945. The van der Waals surface area contributed by atoms with E-state index in [1.54, 1.807) is 35.4 Å². The lowest BCUT2D eigenvalue weighted by molar-refractivity contribution is 0.137. The second-order valence-corrected chi connectivity index (χ2v) is 5.46. The predicted octanol–water partition coefficient (Wildman–Crippen LogP) is 2.50. The van der Waals surface area contributed by atoms with E-state index in [-0.39, 0.29) is 6.03 Å². The summed E-state index contributed by atoms with van der Waals surface area (Å²) in [6.45, 7) is 3.78. The molecule has 1 aromatic carbocycles. The van der Waals surface area contributed by atoms with Crippen LogP contribution in [0.25, 0.3) is 0 Å². The molecule has 0 unspecified atom stereocenters. The molecule has 1 fully saturated rings. The van der Waals surface area contributed by atoms with Crippen LogP contribution in [-0.4, -0.2) is 42.0 Å². The number of carbonyl (C=O) groups is 1. The van der Waals surface area contributed by atoms with Crippen molar-refractivity contribution in [2.24, 2.45) is 0 Å². The second-order valence-electron chi connectivity index (χ2n) is 5.46. The molecule has 0 atom stereocenters. The molecule has 0 aliphatic carbocycles. The summed E-state index contributed by atoms with van der Waals surface area (Å²) in [4.78, 5) is 16.3. The number of nitrogens with one attached hydrogen (secondary N) is 1. The number of rotatable bonds is 3. The van der Waals surface area contributed by atoms with Gasteiger partial charge in [-0.1, -0.05) is 0 Å². The molecule has 3 rings (SSSR count). The average Bonchev–Trinajstić information content (AvgIpc) is 3.09. The Morgan fingerprint density at radius 1 is 1.17 bits per heavy atom. The quantitative estimate of drug-likeness (QED) is 0.945. The van der Waals surface area contributed by atoms with E-state index in [4.69, 9.17) is 9.68 Å². The number of carbonyl (C=O) groups excluding carboxylic acids is 1. The van der Waals surface area contributed by atoms with E-state index >= 15 is 0 Å². The van der Waals surface area contributed by atoms with Gasteiger partial charge in [0.05, 0.1) is 24.4 Å². The fourth-order valence-electron chi connectivity index (χ4n) is 2.56. The zero-order valence-electron chi connectivity index (χ0n) is 12.7. The van der Waals surface area contributed by atoms with E-state index in [0.717, 1.165) is 25.4 Å². The molecule has 6 nitrogen and oxygen atoms in total. The minimum atomic E-state index is -0.104. The number of furan rings is 1. The molecule has 0 saturated carbocycles. The van der Waals surface area contributed by atoms with Crippen molar-refractivity contribution in [1.82, 2.24) is 9.80 Å². The Labute approximate surface area is 134 Å². The fourth-order valence-corrected chi connectivity index (χ4v) is 2.56. The maximum atomic E-state index is 12.3. The van der Waals surface area contributed by atoms with Crippen LogP contribution >= 0.6 is 0 Å². The first-order valence-corrected chi connectivity index (χ1v) is 7.55. The van der Waals surface area contributed by atoms with Gasteiger partial charge in [0.2, 0.25) is 0 Å². The van der Waals surface area contributed by atoms with Gasteiger partial charge in [-0.2, -0.15) is 5.26 Å². The molecule has 1 aromatic heterocycles. The zero-order chi connectivity index (χ0) is 16.1. The van der Waals surface area contributed by atoms with Gasteiger partial charge in [0.15, 0.2) is 0 Å². The topological polar surface area (TPSA) is 72.5 Å². The van der Waals surface area contributed by atoms with E-state index in [2.05, 4.69) is 16.3 Å². The number of hydrogen-bond donors (Lipinski definition) is 1.